The van der Waals surface area contributed by atoms with Crippen molar-refractivity contribution in [3.63, 3.8) is 0 Å². The second kappa shape index (κ2) is 8.77. The fraction of sp³-hybridized carbons (Fsp3) is 0.474. The number of carbonyl (C=O) groups is 1. The van der Waals surface area contributed by atoms with Crippen LogP contribution in [-0.2, 0) is 14.1 Å². The highest BCUT2D eigenvalue weighted by molar-refractivity contribution is 8.03. The number of para-hydroxylation sites is 1. The minimum absolute atomic E-state index is 0.261. The predicted octanol–water partition coefficient (Wildman–Crippen LogP) is 5.48. The van der Waals surface area contributed by atoms with Gasteiger partial charge in [-0.05, 0) is 31.9 Å². The number of nitrogens with zero attached hydrogens (tertiary/aromatic N) is 1. The van der Waals surface area contributed by atoms with Gasteiger partial charge in [-0.15, -0.1) is 0 Å². The average molecular weight is 378 g/mol. The number of aromatic nitrogens is 1. The van der Waals surface area contributed by atoms with Crippen molar-refractivity contribution in [1.82, 2.24) is 4.98 Å². The molecule has 0 aliphatic carbocycles. The van der Waals surface area contributed by atoms with Gasteiger partial charge in [0, 0.05) is 11.8 Å². The third-order valence-corrected chi connectivity index (χ3v) is 7.42. The number of benzene rings is 1. The van der Waals surface area contributed by atoms with Crippen molar-refractivity contribution < 1.29 is 14.1 Å². The number of pyridine rings is 1. The molecule has 0 radical (unpaired) electrons. The second-order valence-corrected chi connectivity index (χ2v) is 10.1. The molecule has 2 unspecified atom stereocenters. The van der Waals surface area contributed by atoms with Crippen LogP contribution in [0.3, 0.4) is 0 Å². The number of rotatable bonds is 8. The lowest BCUT2D eigenvalue weighted by Gasteiger charge is -2.19. The molecule has 0 aliphatic heterocycles. The van der Waals surface area contributed by atoms with Crippen LogP contribution in [0.2, 0.25) is 0 Å². The molecule has 0 bridgehead atoms. The van der Waals surface area contributed by atoms with Gasteiger partial charge in [-0.2, -0.15) is 0 Å². The monoisotopic (exact) mass is 378 g/mol. The maximum atomic E-state index is 13.0. The van der Waals surface area contributed by atoms with Gasteiger partial charge in [-0.25, -0.2) is 9.78 Å². The summed E-state index contributed by atoms with van der Waals surface area (Å²) in [6.45, 7) is 7.89. The Morgan fingerprint density at radius 3 is 2.68 bits per heavy atom. The van der Waals surface area contributed by atoms with E-state index in [1.54, 1.807) is 13.8 Å². The first-order valence-electron chi connectivity index (χ1n) is 8.47. The van der Waals surface area contributed by atoms with Crippen LogP contribution in [0.5, 0.6) is 0 Å². The van der Waals surface area contributed by atoms with E-state index in [-0.39, 0.29) is 11.9 Å². The van der Waals surface area contributed by atoms with Crippen LogP contribution in [0.4, 0.5) is 0 Å². The average Bonchev–Trinajstić information content (AvgIpc) is 2.58. The summed E-state index contributed by atoms with van der Waals surface area (Å²) in [7, 11) is -1.78. The van der Waals surface area contributed by atoms with E-state index in [0.29, 0.717) is 18.5 Å². The summed E-state index contributed by atoms with van der Waals surface area (Å²) in [4.78, 5) is 17.0. The van der Waals surface area contributed by atoms with Crippen LogP contribution in [0.15, 0.2) is 41.4 Å². The van der Waals surface area contributed by atoms with Crippen molar-refractivity contribution in [2.75, 3.05) is 12.1 Å². The Morgan fingerprint density at radius 1 is 1.28 bits per heavy atom. The molecule has 2 rings (SSSR count). The summed E-state index contributed by atoms with van der Waals surface area (Å²) in [6.07, 6.45) is 0.548. The van der Waals surface area contributed by atoms with Gasteiger partial charge in [-0.3, -0.25) is 0 Å². The maximum absolute atomic E-state index is 13.0. The fourth-order valence-electron chi connectivity index (χ4n) is 2.76. The van der Waals surface area contributed by atoms with Crippen LogP contribution < -0.4 is 0 Å². The molecule has 1 heterocycles. The van der Waals surface area contributed by atoms with Crippen molar-refractivity contribution in [2.45, 2.75) is 44.3 Å². The lowest BCUT2D eigenvalue weighted by atomic mass is 9.98. The number of thioether (sulfide) groups is 1. The van der Waals surface area contributed by atoms with Gasteiger partial charge in [0.2, 0.25) is 0 Å². The van der Waals surface area contributed by atoms with E-state index in [1.807, 2.05) is 50.2 Å². The SMILES string of the molecule is CCOC(=O)C(C)(CC(C)C)[P+](=O)CSc1ccc2ccccc2n1. The molecule has 0 saturated heterocycles. The van der Waals surface area contributed by atoms with Crippen molar-refractivity contribution >= 4 is 36.4 Å². The van der Waals surface area contributed by atoms with Crippen LogP contribution >= 0.6 is 19.6 Å². The molecule has 1 aromatic heterocycles. The molecule has 6 heteroatoms. The highest BCUT2D eigenvalue weighted by Crippen LogP contribution is 2.47. The zero-order valence-corrected chi connectivity index (χ0v) is 16.9. The molecule has 134 valence electrons. The van der Waals surface area contributed by atoms with Crippen LogP contribution in [0.25, 0.3) is 10.9 Å². The summed E-state index contributed by atoms with van der Waals surface area (Å²) in [5, 5.41) is 0.939. The fourth-order valence-corrected chi connectivity index (χ4v) is 6.07. The number of carbonyl (C=O) groups excluding carboxylic acids is 1. The first kappa shape index (κ1) is 19.9. The molecule has 1 aromatic carbocycles. The summed E-state index contributed by atoms with van der Waals surface area (Å²) in [5.41, 5.74) is 1.26. The summed E-state index contributed by atoms with van der Waals surface area (Å²) < 4.78 is 18.1. The first-order valence-corrected chi connectivity index (χ1v) is 10.9. The molecular weight excluding hydrogens is 353 g/mol. The Morgan fingerprint density at radius 2 is 2.00 bits per heavy atom. The lowest BCUT2D eigenvalue weighted by molar-refractivity contribution is -0.146. The standard InChI is InChI=1S/C19H25NO3PS/c1-5-23-18(21)19(4,12-14(2)3)24(22)13-25-17-11-10-15-8-6-7-9-16(15)20-17/h6-11,14H,5,12-13H2,1-4H3/q+1. The number of esters is 1. The molecule has 25 heavy (non-hydrogen) atoms. The Kier molecular flexibility index (Phi) is 6.97. The highest BCUT2D eigenvalue weighted by atomic mass is 32.2. The van der Waals surface area contributed by atoms with E-state index in [2.05, 4.69) is 4.98 Å². The Hall–Kier alpha value is -1.45. The minimum atomic E-state index is -1.78. The van der Waals surface area contributed by atoms with E-state index >= 15 is 0 Å². The molecule has 2 aromatic rings. The van der Waals surface area contributed by atoms with Gasteiger partial charge in [0.05, 0.1) is 12.1 Å². The zero-order valence-electron chi connectivity index (χ0n) is 15.2. The number of hydrogen-bond acceptors (Lipinski definition) is 5. The van der Waals surface area contributed by atoms with E-state index in [0.717, 1.165) is 15.9 Å². The van der Waals surface area contributed by atoms with E-state index < -0.39 is 13.0 Å². The van der Waals surface area contributed by atoms with E-state index in [9.17, 15) is 9.36 Å². The molecule has 0 spiro atoms. The van der Waals surface area contributed by atoms with Gasteiger partial charge in [-0.1, -0.05) is 54.4 Å². The maximum Gasteiger partial charge on any atom is 0.367 e. The predicted molar refractivity (Wildman–Crippen MR) is 105 cm³/mol. The summed E-state index contributed by atoms with van der Waals surface area (Å²) in [5.74, 6) is -0.103. The van der Waals surface area contributed by atoms with Gasteiger partial charge in [0.25, 0.3) is 5.16 Å². The third-order valence-electron chi connectivity index (χ3n) is 3.97. The summed E-state index contributed by atoms with van der Waals surface area (Å²) in [6, 6.07) is 11.8. The molecule has 0 fully saturated rings. The molecule has 0 aliphatic rings. The Labute approximate surface area is 154 Å². The van der Waals surface area contributed by atoms with Crippen LogP contribution in [0.1, 0.15) is 34.1 Å². The van der Waals surface area contributed by atoms with Crippen molar-refractivity contribution in [1.29, 1.82) is 0 Å². The smallest absolute Gasteiger partial charge is 0.367 e. The summed E-state index contributed by atoms with van der Waals surface area (Å²) >= 11 is 1.43. The molecule has 0 N–H and O–H groups in total. The van der Waals surface area contributed by atoms with Crippen molar-refractivity contribution in [3.05, 3.63) is 36.4 Å². The normalized spacial score (nSPS) is 14.4. The quantitative estimate of drug-likeness (QED) is 0.346. The molecule has 2 atom stereocenters. The Bertz CT molecular complexity index is 765. The molecule has 0 amide bonds. The van der Waals surface area contributed by atoms with E-state index in [1.165, 1.54) is 11.8 Å². The number of hydrogen-bond donors (Lipinski definition) is 0. The van der Waals surface area contributed by atoms with Crippen molar-refractivity contribution in [2.24, 2.45) is 5.92 Å². The third kappa shape index (κ3) is 5.02. The highest BCUT2D eigenvalue weighted by Gasteiger charge is 2.52. The van der Waals surface area contributed by atoms with Crippen LogP contribution in [0, 0.1) is 5.92 Å². The molecule has 0 saturated carbocycles. The number of ether oxygens (including phenoxy) is 1. The number of fused-ring (bicyclic) bond motifs is 1. The Balaban J connectivity index is 2.12. The van der Waals surface area contributed by atoms with Crippen LogP contribution in [-0.4, -0.2) is 28.2 Å². The van der Waals surface area contributed by atoms with Gasteiger partial charge < -0.3 is 4.74 Å². The van der Waals surface area contributed by atoms with E-state index in [4.69, 9.17) is 4.74 Å². The minimum Gasteiger partial charge on any atom is -0.462 e. The second-order valence-electron chi connectivity index (χ2n) is 6.59. The molecular formula is C19H25NO3PS+. The van der Waals surface area contributed by atoms with Gasteiger partial charge >= 0.3 is 13.8 Å². The topological polar surface area (TPSA) is 56.3 Å². The largest absolute Gasteiger partial charge is 0.462 e. The lowest BCUT2D eigenvalue weighted by Crippen LogP contribution is -2.35. The van der Waals surface area contributed by atoms with Gasteiger partial charge in [0.1, 0.15) is 5.03 Å². The first-order chi connectivity index (χ1) is 11.9. The van der Waals surface area contributed by atoms with Gasteiger partial charge in [0.15, 0.2) is 5.49 Å². The molecule has 4 nitrogen and oxygen atoms in total. The van der Waals surface area contributed by atoms with Crippen molar-refractivity contribution in [3.8, 4) is 0 Å². The zero-order chi connectivity index (χ0) is 18.4.